The molecule has 2 fully saturated rings. The van der Waals surface area contributed by atoms with Gasteiger partial charge in [0, 0.05) is 18.5 Å². The van der Waals surface area contributed by atoms with E-state index >= 15 is 0 Å². The number of carbonyl (C=O) groups is 1. The molecule has 0 spiro atoms. The largest absolute Gasteiger partial charge is 0.417 e. The average Bonchev–Trinajstić information content (AvgIpc) is 2.93. The molecule has 2 saturated heterocycles. The van der Waals surface area contributed by atoms with E-state index in [9.17, 15) is 9.90 Å². The van der Waals surface area contributed by atoms with Crippen molar-refractivity contribution in [1.82, 2.24) is 15.1 Å². The van der Waals surface area contributed by atoms with Crippen LogP contribution in [0.25, 0.3) is 0 Å². The minimum Gasteiger partial charge on any atom is -0.417 e. The first-order valence-corrected chi connectivity index (χ1v) is 7.02. The zero-order chi connectivity index (χ0) is 13.4. The summed E-state index contributed by atoms with van der Waals surface area (Å²) >= 11 is 0. The Balaban J connectivity index is 1.76. The molecule has 2 bridgehead atoms. The molecule has 0 saturated carbocycles. The molecule has 3 rings (SSSR count). The molecule has 0 aliphatic carbocycles. The molecule has 2 aliphatic heterocycles. The summed E-state index contributed by atoms with van der Waals surface area (Å²) in [4.78, 5) is 14.3. The summed E-state index contributed by atoms with van der Waals surface area (Å²) in [5.41, 5.74) is 0. The van der Waals surface area contributed by atoms with Gasteiger partial charge in [0.05, 0.1) is 6.10 Å². The van der Waals surface area contributed by atoms with Gasteiger partial charge in [0.2, 0.25) is 5.89 Å². The quantitative estimate of drug-likeness (QED) is 0.886. The first-order valence-electron chi connectivity index (χ1n) is 7.02. The second-order valence-corrected chi connectivity index (χ2v) is 5.47. The molecule has 1 unspecified atom stereocenters. The molecule has 3 atom stereocenters. The number of aliphatic hydroxyl groups excluding tert-OH is 1. The SMILES string of the molecule is CCCc1nnc(C(=O)N2[C@@H]3CC[C@H]2CC(O)C3)o1. The Labute approximate surface area is 111 Å². The number of carbonyl (C=O) groups excluding carboxylic acids is 1. The fourth-order valence-electron chi connectivity index (χ4n) is 3.25. The molecule has 104 valence electrons. The van der Waals surface area contributed by atoms with Gasteiger partial charge in [-0.1, -0.05) is 6.92 Å². The average molecular weight is 265 g/mol. The van der Waals surface area contributed by atoms with E-state index in [1.165, 1.54) is 0 Å². The van der Waals surface area contributed by atoms with E-state index in [2.05, 4.69) is 10.2 Å². The topological polar surface area (TPSA) is 79.5 Å². The van der Waals surface area contributed by atoms with Gasteiger partial charge in [-0.2, -0.15) is 0 Å². The van der Waals surface area contributed by atoms with Gasteiger partial charge in [-0.25, -0.2) is 0 Å². The van der Waals surface area contributed by atoms with E-state index in [0.717, 1.165) is 19.3 Å². The standard InChI is InChI=1S/C13H19N3O3/c1-2-3-11-14-15-12(19-11)13(18)16-8-4-5-9(16)7-10(17)6-8/h8-10,17H,2-7H2,1H3/t8-,9+,10?. The number of aryl methyl sites for hydroxylation is 1. The lowest BCUT2D eigenvalue weighted by Crippen LogP contribution is -2.48. The molecule has 3 heterocycles. The first kappa shape index (κ1) is 12.6. The third-order valence-electron chi connectivity index (χ3n) is 4.06. The van der Waals surface area contributed by atoms with Crippen LogP contribution >= 0.6 is 0 Å². The summed E-state index contributed by atoms with van der Waals surface area (Å²) in [6.45, 7) is 2.03. The number of nitrogens with zero attached hydrogens (tertiary/aromatic N) is 3. The van der Waals surface area contributed by atoms with Crippen molar-refractivity contribution in [2.75, 3.05) is 0 Å². The number of rotatable bonds is 3. The molecule has 1 aromatic rings. The van der Waals surface area contributed by atoms with Gasteiger partial charge in [-0.05, 0) is 32.1 Å². The van der Waals surface area contributed by atoms with Gasteiger partial charge >= 0.3 is 11.8 Å². The number of hydrogen-bond donors (Lipinski definition) is 1. The fraction of sp³-hybridized carbons (Fsp3) is 0.769. The van der Waals surface area contributed by atoms with E-state index in [-0.39, 0.29) is 30.0 Å². The maximum Gasteiger partial charge on any atom is 0.311 e. The van der Waals surface area contributed by atoms with Crippen molar-refractivity contribution in [3.63, 3.8) is 0 Å². The van der Waals surface area contributed by atoms with Crippen molar-refractivity contribution in [2.45, 2.75) is 63.6 Å². The van der Waals surface area contributed by atoms with Gasteiger partial charge in [0.15, 0.2) is 0 Å². The monoisotopic (exact) mass is 265 g/mol. The van der Waals surface area contributed by atoms with E-state index in [1.54, 1.807) is 0 Å². The van der Waals surface area contributed by atoms with Crippen LogP contribution in [0, 0.1) is 0 Å². The predicted octanol–water partition coefficient (Wildman–Crippen LogP) is 1.15. The van der Waals surface area contributed by atoms with Crippen molar-refractivity contribution in [1.29, 1.82) is 0 Å². The van der Waals surface area contributed by atoms with E-state index < -0.39 is 0 Å². The van der Waals surface area contributed by atoms with Gasteiger partial charge in [0.1, 0.15) is 0 Å². The van der Waals surface area contributed by atoms with Crippen LogP contribution in [-0.4, -0.2) is 44.3 Å². The van der Waals surface area contributed by atoms with Crippen molar-refractivity contribution in [3.8, 4) is 0 Å². The first-order chi connectivity index (χ1) is 9.19. The number of aliphatic hydroxyl groups is 1. The molecule has 19 heavy (non-hydrogen) atoms. The van der Waals surface area contributed by atoms with Crippen LogP contribution in [0.15, 0.2) is 4.42 Å². The second-order valence-electron chi connectivity index (χ2n) is 5.47. The highest BCUT2D eigenvalue weighted by Crippen LogP contribution is 2.36. The van der Waals surface area contributed by atoms with Crippen LogP contribution in [0.3, 0.4) is 0 Å². The highest BCUT2D eigenvalue weighted by molar-refractivity contribution is 5.90. The lowest BCUT2D eigenvalue weighted by molar-refractivity contribution is 0.0257. The Hall–Kier alpha value is -1.43. The molecule has 0 aromatic carbocycles. The number of piperidine rings is 1. The van der Waals surface area contributed by atoms with Gasteiger partial charge in [-0.15, -0.1) is 10.2 Å². The summed E-state index contributed by atoms with van der Waals surface area (Å²) < 4.78 is 5.41. The summed E-state index contributed by atoms with van der Waals surface area (Å²) in [5, 5.41) is 17.5. The van der Waals surface area contributed by atoms with Crippen molar-refractivity contribution in [2.24, 2.45) is 0 Å². The van der Waals surface area contributed by atoms with E-state index in [4.69, 9.17) is 4.42 Å². The normalized spacial score (nSPS) is 29.8. The summed E-state index contributed by atoms with van der Waals surface area (Å²) in [7, 11) is 0. The number of aromatic nitrogens is 2. The highest BCUT2D eigenvalue weighted by Gasteiger charge is 2.44. The van der Waals surface area contributed by atoms with E-state index in [1.807, 2.05) is 11.8 Å². The zero-order valence-corrected chi connectivity index (χ0v) is 11.1. The van der Waals surface area contributed by atoms with E-state index in [0.29, 0.717) is 25.2 Å². The Bertz CT molecular complexity index is 459. The molecule has 6 nitrogen and oxygen atoms in total. The number of amides is 1. The molecule has 1 aromatic heterocycles. The minimum absolute atomic E-state index is 0.0942. The Kier molecular flexibility index (Phi) is 3.26. The van der Waals surface area contributed by atoms with Crippen molar-refractivity contribution in [3.05, 3.63) is 11.8 Å². The Morgan fingerprint density at radius 2 is 2.05 bits per heavy atom. The van der Waals surface area contributed by atoms with Crippen LogP contribution in [0.5, 0.6) is 0 Å². The van der Waals surface area contributed by atoms with Crippen LogP contribution in [0.1, 0.15) is 55.6 Å². The third-order valence-corrected chi connectivity index (χ3v) is 4.06. The molecular formula is C13H19N3O3. The zero-order valence-electron chi connectivity index (χ0n) is 11.1. The smallest absolute Gasteiger partial charge is 0.311 e. The molecule has 1 N–H and O–H groups in total. The second kappa shape index (κ2) is 4.92. The lowest BCUT2D eigenvalue weighted by atomic mass is 10.00. The lowest BCUT2D eigenvalue weighted by Gasteiger charge is -2.36. The maximum absolute atomic E-state index is 12.4. The molecular weight excluding hydrogens is 246 g/mol. The van der Waals surface area contributed by atoms with Crippen molar-refractivity contribution < 1.29 is 14.3 Å². The van der Waals surface area contributed by atoms with Gasteiger partial charge in [0.25, 0.3) is 0 Å². The minimum atomic E-state index is -0.278. The van der Waals surface area contributed by atoms with Gasteiger partial charge < -0.3 is 14.4 Å². The van der Waals surface area contributed by atoms with Crippen LogP contribution in [0.2, 0.25) is 0 Å². The van der Waals surface area contributed by atoms with Crippen LogP contribution in [-0.2, 0) is 6.42 Å². The number of fused-ring (bicyclic) bond motifs is 2. The highest BCUT2D eigenvalue weighted by atomic mass is 16.4. The van der Waals surface area contributed by atoms with Crippen LogP contribution in [0.4, 0.5) is 0 Å². The summed E-state index contributed by atoms with van der Waals surface area (Å²) in [6, 6.07) is 0.255. The summed E-state index contributed by atoms with van der Waals surface area (Å²) in [6.07, 6.45) is 4.59. The number of hydrogen-bond acceptors (Lipinski definition) is 5. The summed E-state index contributed by atoms with van der Waals surface area (Å²) in [5.74, 6) is 0.446. The molecule has 2 aliphatic rings. The van der Waals surface area contributed by atoms with Gasteiger partial charge in [-0.3, -0.25) is 4.79 Å². The third kappa shape index (κ3) is 2.25. The maximum atomic E-state index is 12.4. The molecule has 6 heteroatoms. The molecule has 1 amide bonds. The fourth-order valence-corrected chi connectivity index (χ4v) is 3.25. The van der Waals surface area contributed by atoms with Crippen LogP contribution < -0.4 is 0 Å². The van der Waals surface area contributed by atoms with Crippen molar-refractivity contribution >= 4 is 5.91 Å². The Morgan fingerprint density at radius 3 is 2.68 bits per heavy atom. The Morgan fingerprint density at radius 1 is 1.37 bits per heavy atom. The predicted molar refractivity (Wildman–Crippen MR) is 66.5 cm³/mol. The molecule has 0 radical (unpaired) electrons.